The zero-order valence-electron chi connectivity index (χ0n) is 18.4. The van der Waals surface area contributed by atoms with Gasteiger partial charge in [0.2, 0.25) is 0 Å². The number of amides is 1. The highest BCUT2D eigenvalue weighted by atomic mass is 32.2. The summed E-state index contributed by atoms with van der Waals surface area (Å²) in [6.45, 7) is 3.73. The molecule has 0 aromatic heterocycles. The average Bonchev–Trinajstić information content (AvgIpc) is 2.79. The summed E-state index contributed by atoms with van der Waals surface area (Å²) < 4.78 is 38.2. The summed E-state index contributed by atoms with van der Waals surface area (Å²) in [7, 11) is -0.570. The van der Waals surface area contributed by atoms with Crippen molar-refractivity contribution in [3.63, 3.8) is 0 Å². The fraction of sp³-hybridized carbons (Fsp3) is 0.208. The number of anilines is 1. The molecule has 0 bridgehead atoms. The van der Waals surface area contributed by atoms with Crippen LogP contribution in [-0.2, 0) is 10.0 Å². The van der Waals surface area contributed by atoms with Gasteiger partial charge in [-0.3, -0.25) is 9.52 Å². The van der Waals surface area contributed by atoms with Crippen LogP contribution in [0.2, 0.25) is 0 Å². The molecule has 0 spiro atoms. The second-order valence-corrected chi connectivity index (χ2v) is 8.98. The number of methoxy groups -OCH3 is 2. The first-order chi connectivity index (χ1) is 15.2. The van der Waals surface area contributed by atoms with E-state index >= 15 is 0 Å². The van der Waals surface area contributed by atoms with E-state index in [-0.39, 0.29) is 16.8 Å². The lowest BCUT2D eigenvalue weighted by molar-refractivity contribution is 0.0939. The molecule has 168 valence electrons. The maximum absolute atomic E-state index is 12.7. The summed E-state index contributed by atoms with van der Waals surface area (Å²) >= 11 is 0. The highest BCUT2D eigenvalue weighted by molar-refractivity contribution is 7.92. The SMILES string of the molecule is COc1ccc(OC)c([C@@H](C)NC(=O)c2ccc(NS(=O)(=O)c3ccc(C)cc3)cc2)c1. The standard InChI is InChI=1S/C24H26N2O5S/c1-16-5-12-21(13-6-16)32(28,29)26-19-9-7-18(8-10-19)24(27)25-17(2)22-15-20(30-3)11-14-23(22)31-4/h5-15,17,26H,1-4H3,(H,25,27)/t17-/m1/s1. The third kappa shape index (κ3) is 5.39. The fourth-order valence-electron chi connectivity index (χ4n) is 3.16. The summed E-state index contributed by atoms with van der Waals surface area (Å²) in [5, 5.41) is 2.92. The van der Waals surface area contributed by atoms with Crippen LogP contribution in [0.4, 0.5) is 5.69 Å². The number of nitrogens with one attached hydrogen (secondary N) is 2. The molecule has 0 fully saturated rings. The molecule has 7 nitrogen and oxygen atoms in total. The largest absolute Gasteiger partial charge is 0.497 e. The van der Waals surface area contributed by atoms with Crippen molar-refractivity contribution in [3.8, 4) is 11.5 Å². The first kappa shape index (κ1) is 23.1. The van der Waals surface area contributed by atoms with E-state index in [1.807, 2.05) is 19.9 Å². The minimum Gasteiger partial charge on any atom is -0.497 e. The lowest BCUT2D eigenvalue weighted by atomic mass is 10.1. The molecule has 0 aliphatic carbocycles. The molecule has 1 amide bonds. The number of rotatable bonds is 8. The first-order valence-corrected chi connectivity index (χ1v) is 11.4. The van der Waals surface area contributed by atoms with Crippen molar-refractivity contribution in [2.75, 3.05) is 18.9 Å². The van der Waals surface area contributed by atoms with Gasteiger partial charge in [0.15, 0.2) is 0 Å². The van der Waals surface area contributed by atoms with E-state index in [0.717, 1.165) is 11.1 Å². The Labute approximate surface area is 188 Å². The van der Waals surface area contributed by atoms with Gasteiger partial charge in [-0.05, 0) is 68.4 Å². The molecule has 2 N–H and O–H groups in total. The summed E-state index contributed by atoms with van der Waals surface area (Å²) in [6.07, 6.45) is 0. The normalized spacial score (nSPS) is 12.0. The van der Waals surface area contributed by atoms with Gasteiger partial charge in [-0.25, -0.2) is 8.42 Å². The molecular weight excluding hydrogens is 428 g/mol. The number of hydrogen-bond donors (Lipinski definition) is 2. The van der Waals surface area contributed by atoms with E-state index in [4.69, 9.17) is 9.47 Å². The van der Waals surface area contributed by atoms with Gasteiger partial charge in [0.1, 0.15) is 11.5 Å². The van der Waals surface area contributed by atoms with Gasteiger partial charge in [0.05, 0.1) is 25.2 Å². The van der Waals surface area contributed by atoms with Gasteiger partial charge in [-0.1, -0.05) is 17.7 Å². The molecule has 3 aromatic rings. The summed E-state index contributed by atoms with van der Waals surface area (Å²) in [6, 6.07) is 17.9. The Balaban J connectivity index is 1.71. The van der Waals surface area contributed by atoms with Crippen molar-refractivity contribution in [1.82, 2.24) is 5.32 Å². The van der Waals surface area contributed by atoms with Crippen LogP contribution in [0.15, 0.2) is 71.6 Å². The van der Waals surface area contributed by atoms with Gasteiger partial charge in [-0.2, -0.15) is 0 Å². The van der Waals surface area contributed by atoms with Gasteiger partial charge < -0.3 is 14.8 Å². The zero-order chi connectivity index (χ0) is 23.3. The van der Waals surface area contributed by atoms with E-state index in [0.29, 0.717) is 22.7 Å². The van der Waals surface area contributed by atoms with Gasteiger partial charge >= 0.3 is 0 Å². The minimum absolute atomic E-state index is 0.172. The van der Waals surface area contributed by atoms with Crippen molar-refractivity contribution in [3.05, 3.63) is 83.4 Å². The molecule has 1 atom stereocenters. The Bertz CT molecular complexity index is 1190. The number of sulfonamides is 1. The van der Waals surface area contributed by atoms with Crippen molar-refractivity contribution in [2.45, 2.75) is 24.8 Å². The summed E-state index contributed by atoms with van der Waals surface area (Å²) in [4.78, 5) is 12.9. The molecule has 8 heteroatoms. The number of aryl methyl sites for hydroxylation is 1. The Hall–Kier alpha value is -3.52. The molecular formula is C24H26N2O5S. The molecule has 0 aliphatic heterocycles. The van der Waals surface area contributed by atoms with Crippen molar-refractivity contribution in [2.24, 2.45) is 0 Å². The van der Waals surface area contributed by atoms with Gasteiger partial charge in [0, 0.05) is 16.8 Å². The molecule has 0 saturated heterocycles. The second-order valence-electron chi connectivity index (χ2n) is 7.30. The molecule has 0 saturated carbocycles. The smallest absolute Gasteiger partial charge is 0.261 e. The number of carbonyl (C=O) groups is 1. The van der Waals surface area contributed by atoms with E-state index in [1.54, 1.807) is 74.9 Å². The molecule has 0 heterocycles. The topological polar surface area (TPSA) is 93.7 Å². The van der Waals surface area contributed by atoms with Crippen LogP contribution in [0.25, 0.3) is 0 Å². The Morgan fingerprint density at radius 2 is 1.56 bits per heavy atom. The average molecular weight is 455 g/mol. The fourth-order valence-corrected chi connectivity index (χ4v) is 4.22. The molecule has 0 radical (unpaired) electrons. The molecule has 0 aliphatic rings. The maximum atomic E-state index is 12.7. The van der Waals surface area contributed by atoms with Crippen LogP contribution in [0.3, 0.4) is 0 Å². The van der Waals surface area contributed by atoms with Crippen molar-refractivity contribution < 1.29 is 22.7 Å². The Morgan fingerprint density at radius 1 is 0.906 bits per heavy atom. The molecule has 32 heavy (non-hydrogen) atoms. The molecule has 0 unspecified atom stereocenters. The third-order valence-electron chi connectivity index (χ3n) is 4.98. The van der Waals surface area contributed by atoms with E-state index in [1.165, 1.54) is 0 Å². The predicted octanol–water partition coefficient (Wildman–Crippen LogP) is 4.30. The van der Waals surface area contributed by atoms with Crippen LogP contribution < -0.4 is 19.5 Å². The number of ether oxygens (including phenoxy) is 2. The maximum Gasteiger partial charge on any atom is 0.261 e. The summed E-state index contributed by atoms with van der Waals surface area (Å²) in [5.74, 6) is 1.00. The Morgan fingerprint density at radius 3 is 2.16 bits per heavy atom. The van der Waals surface area contributed by atoms with E-state index < -0.39 is 10.0 Å². The van der Waals surface area contributed by atoms with E-state index in [9.17, 15) is 13.2 Å². The van der Waals surface area contributed by atoms with Crippen LogP contribution in [0.5, 0.6) is 11.5 Å². The van der Waals surface area contributed by atoms with Crippen LogP contribution in [-0.4, -0.2) is 28.5 Å². The van der Waals surface area contributed by atoms with Crippen LogP contribution in [0.1, 0.15) is 34.5 Å². The quantitative estimate of drug-likeness (QED) is 0.529. The monoisotopic (exact) mass is 454 g/mol. The summed E-state index contributed by atoms with van der Waals surface area (Å²) in [5.41, 5.74) is 2.52. The minimum atomic E-state index is -3.71. The van der Waals surface area contributed by atoms with Crippen molar-refractivity contribution in [1.29, 1.82) is 0 Å². The lowest BCUT2D eigenvalue weighted by Gasteiger charge is -2.18. The second kappa shape index (κ2) is 9.74. The number of benzene rings is 3. The third-order valence-corrected chi connectivity index (χ3v) is 6.38. The van der Waals surface area contributed by atoms with Gasteiger partial charge in [0.25, 0.3) is 15.9 Å². The molecule has 3 aromatic carbocycles. The lowest BCUT2D eigenvalue weighted by Crippen LogP contribution is -2.27. The van der Waals surface area contributed by atoms with Crippen LogP contribution in [0, 0.1) is 6.92 Å². The number of hydrogen-bond acceptors (Lipinski definition) is 5. The zero-order valence-corrected chi connectivity index (χ0v) is 19.2. The van der Waals surface area contributed by atoms with Gasteiger partial charge in [-0.15, -0.1) is 0 Å². The molecule has 3 rings (SSSR count). The highest BCUT2D eigenvalue weighted by Crippen LogP contribution is 2.29. The highest BCUT2D eigenvalue weighted by Gasteiger charge is 2.17. The van der Waals surface area contributed by atoms with E-state index in [2.05, 4.69) is 10.0 Å². The van der Waals surface area contributed by atoms with Crippen molar-refractivity contribution >= 4 is 21.6 Å². The first-order valence-electron chi connectivity index (χ1n) is 9.96. The van der Waals surface area contributed by atoms with Crippen LogP contribution >= 0.6 is 0 Å². The number of carbonyl (C=O) groups excluding carboxylic acids is 1. The Kier molecular flexibility index (Phi) is 7.05. The predicted molar refractivity (Wildman–Crippen MR) is 124 cm³/mol.